The number of hydrogen-bond donors (Lipinski definition) is 0. The molecule has 0 saturated heterocycles. The molecule has 1 rings (SSSR count). The van der Waals surface area contributed by atoms with Crippen LogP contribution in [-0.4, -0.2) is 16.8 Å². The molecule has 0 aliphatic heterocycles. The van der Waals surface area contributed by atoms with Crippen molar-refractivity contribution in [2.45, 2.75) is 6.42 Å². The van der Waals surface area contributed by atoms with Gasteiger partial charge < -0.3 is 0 Å². The van der Waals surface area contributed by atoms with Crippen molar-refractivity contribution in [3.05, 3.63) is 22.3 Å². The maximum atomic E-state index is 11.3. The molecule has 0 heterocycles. The van der Waals surface area contributed by atoms with Gasteiger partial charge in [-0.05, 0) is 0 Å². The number of carbonyl (C=O) groups is 1. The second kappa shape index (κ2) is 3.78. The SMILES string of the molecule is O=[C]=[Re](=[C]=O)(=[C]=O)([C](=O)Cl)[C]1=CC=CC1. The van der Waals surface area contributed by atoms with Crippen LogP contribution in [0.15, 0.2) is 22.3 Å². The number of rotatable bonds is 2. The monoisotopic (exact) mass is 399 g/mol. The van der Waals surface area contributed by atoms with E-state index in [1.807, 2.05) is 0 Å². The molecule has 79 valence electrons. The van der Waals surface area contributed by atoms with E-state index in [0.29, 0.717) is 0 Å². The Kier molecular flexibility index (Phi) is 3.00. The molecule has 1 aliphatic carbocycles. The zero-order valence-electron chi connectivity index (χ0n) is 7.33. The van der Waals surface area contributed by atoms with Gasteiger partial charge in [0, 0.05) is 0 Å². The summed E-state index contributed by atoms with van der Waals surface area (Å²) in [6.45, 7) is 0. The fourth-order valence-electron chi connectivity index (χ4n) is 1.08. The molecule has 1 aliphatic rings. The first kappa shape index (κ1) is 11.9. The first-order valence-electron chi connectivity index (χ1n) is 3.67. The van der Waals surface area contributed by atoms with Crippen LogP contribution in [0.3, 0.4) is 0 Å². The topological polar surface area (TPSA) is 68.3 Å². The van der Waals surface area contributed by atoms with Gasteiger partial charge >= 0.3 is 89.2 Å². The van der Waals surface area contributed by atoms with Gasteiger partial charge in [0.15, 0.2) is 0 Å². The van der Waals surface area contributed by atoms with Gasteiger partial charge in [-0.25, -0.2) is 0 Å². The summed E-state index contributed by atoms with van der Waals surface area (Å²) in [4.78, 5) is 44.0. The molecule has 0 N–H and O–H groups in total. The van der Waals surface area contributed by atoms with E-state index < -0.39 is 16.7 Å². The molecule has 0 unspecified atom stereocenters. The number of hydrogen-bond acceptors (Lipinski definition) is 4. The van der Waals surface area contributed by atoms with E-state index in [4.69, 9.17) is 11.6 Å². The van der Waals surface area contributed by atoms with E-state index in [1.165, 1.54) is 25.2 Å². The Hall–Kier alpha value is -1.16. The summed E-state index contributed by atoms with van der Waals surface area (Å²) in [6, 6.07) is 0. The van der Waals surface area contributed by atoms with Crippen LogP contribution in [0.1, 0.15) is 6.42 Å². The van der Waals surface area contributed by atoms with Gasteiger partial charge in [-0.1, -0.05) is 0 Å². The summed E-state index contributed by atoms with van der Waals surface area (Å²) in [5, 5.41) is 0. The molecule has 0 aromatic rings. The Morgan fingerprint density at radius 2 is 1.80 bits per heavy atom. The summed E-state index contributed by atoms with van der Waals surface area (Å²) < 4.78 is 2.71. The predicted molar refractivity (Wildman–Crippen MR) is 50.2 cm³/mol. The molecular weight excluding hydrogens is 394 g/mol. The molecule has 6 heteroatoms. The maximum absolute atomic E-state index is 11.3. The molecule has 4 nitrogen and oxygen atoms in total. The van der Waals surface area contributed by atoms with Crippen LogP contribution in [0.2, 0.25) is 0 Å². The zero-order chi connectivity index (χ0) is 11.6. The fourth-order valence-corrected chi connectivity index (χ4v) is 7.89. The Balaban J connectivity index is 4.15. The first-order valence-corrected chi connectivity index (χ1v) is 10.8. The quantitative estimate of drug-likeness (QED) is 0.653. The normalized spacial score (nSPS) is 16.6. The van der Waals surface area contributed by atoms with Gasteiger partial charge in [-0.2, -0.15) is 0 Å². The Labute approximate surface area is 89.2 Å². The van der Waals surface area contributed by atoms with E-state index in [2.05, 4.69) is 0 Å². The second-order valence-electron chi connectivity index (χ2n) is 2.65. The predicted octanol–water partition coefficient (Wildman–Crippen LogP) is 1.08. The van der Waals surface area contributed by atoms with Crippen molar-refractivity contribution in [3.63, 3.8) is 0 Å². The van der Waals surface area contributed by atoms with Crippen LogP contribution >= 0.6 is 11.6 Å². The number of halogens is 1. The minimum absolute atomic E-state index is 0.115. The molecule has 0 bridgehead atoms. The average molecular weight is 399 g/mol. The summed E-state index contributed by atoms with van der Waals surface area (Å²) in [6.07, 6.45) is 4.67. The first-order chi connectivity index (χ1) is 7.06. The minimum atomic E-state index is -5.79. The van der Waals surface area contributed by atoms with E-state index in [9.17, 15) is 19.2 Å². The molecular formula is C9H5ClO4Re. The third-order valence-corrected chi connectivity index (χ3v) is 14.3. The summed E-state index contributed by atoms with van der Waals surface area (Å²) in [5.41, 5.74) is 0. The Bertz CT molecular complexity index is 635. The van der Waals surface area contributed by atoms with Crippen LogP contribution in [0.25, 0.3) is 0 Å². The molecule has 0 fully saturated rings. The molecule has 0 atom stereocenters. The van der Waals surface area contributed by atoms with E-state index >= 15 is 0 Å². The second-order valence-corrected chi connectivity index (χ2v) is 15.2. The van der Waals surface area contributed by atoms with Crippen molar-refractivity contribution in [3.8, 4) is 0 Å². The summed E-state index contributed by atoms with van der Waals surface area (Å²) >= 11 is -0.561. The van der Waals surface area contributed by atoms with Gasteiger partial charge in [-0.15, -0.1) is 0 Å². The van der Waals surface area contributed by atoms with Gasteiger partial charge in [0.1, 0.15) is 0 Å². The van der Waals surface area contributed by atoms with Crippen molar-refractivity contribution < 1.29 is 32.1 Å². The fraction of sp³-hybridized carbons (Fsp3) is 0.111. The number of allylic oxidation sites excluding steroid dienone is 4. The molecule has 0 spiro atoms. The number of carbonyl (C=O) groups excluding carboxylic acids is 4. The van der Waals surface area contributed by atoms with Crippen molar-refractivity contribution >= 4 is 28.4 Å². The van der Waals surface area contributed by atoms with Crippen LogP contribution < -0.4 is 0 Å². The Morgan fingerprint density at radius 1 is 1.27 bits per heavy atom. The molecule has 0 aromatic heterocycles. The summed E-state index contributed by atoms with van der Waals surface area (Å²) in [5.74, 6) is 0. The van der Waals surface area contributed by atoms with Gasteiger partial charge in [-0.3, -0.25) is 0 Å². The van der Waals surface area contributed by atoms with E-state index in [-0.39, 0.29) is 10.5 Å². The molecule has 0 radical (unpaired) electrons. The van der Waals surface area contributed by atoms with Crippen LogP contribution in [-0.2, 0) is 27.3 Å². The standard InChI is InChI=1S/C5H5.CClO.3CO.Re/c1-2-4-5-3-1;2-1-3;3*1-2;/h1-3H,4H2;;;;;. The van der Waals surface area contributed by atoms with Crippen molar-refractivity contribution in [1.29, 1.82) is 0 Å². The van der Waals surface area contributed by atoms with Crippen LogP contribution in [0.5, 0.6) is 0 Å². The van der Waals surface area contributed by atoms with Crippen molar-refractivity contribution in [2.24, 2.45) is 0 Å². The Morgan fingerprint density at radius 3 is 2.07 bits per heavy atom. The van der Waals surface area contributed by atoms with Gasteiger partial charge in [0.05, 0.1) is 0 Å². The third kappa shape index (κ3) is 1.32. The summed E-state index contributed by atoms with van der Waals surface area (Å²) in [7, 11) is 0. The van der Waals surface area contributed by atoms with Crippen molar-refractivity contribution in [2.75, 3.05) is 0 Å². The third-order valence-electron chi connectivity index (χ3n) is 1.97. The van der Waals surface area contributed by atoms with Crippen LogP contribution in [0, 0.1) is 0 Å². The van der Waals surface area contributed by atoms with E-state index in [0.717, 1.165) is 0 Å². The molecule has 0 amide bonds. The molecule has 0 saturated carbocycles. The zero-order valence-corrected chi connectivity index (χ0v) is 10.8. The van der Waals surface area contributed by atoms with Crippen molar-refractivity contribution in [1.82, 2.24) is 0 Å². The van der Waals surface area contributed by atoms with Gasteiger partial charge in [0.25, 0.3) is 0 Å². The van der Waals surface area contributed by atoms with Gasteiger partial charge in [0.2, 0.25) is 0 Å². The van der Waals surface area contributed by atoms with Crippen LogP contribution in [0.4, 0.5) is 4.79 Å². The average Bonchev–Trinajstić information content (AvgIpc) is 2.76. The molecule has 15 heavy (non-hydrogen) atoms. The van der Waals surface area contributed by atoms with E-state index in [1.54, 1.807) is 6.08 Å². The molecule has 0 aromatic carbocycles.